The molecule has 0 amide bonds. The van der Waals surface area contributed by atoms with E-state index in [-0.39, 0.29) is 18.2 Å². The zero-order chi connectivity index (χ0) is 13.8. The highest BCUT2D eigenvalue weighted by Crippen LogP contribution is 2.14. The fraction of sp³-hybridized carbons (Fsp3) is 0.200. The molecule has 0 aliphatic heterocycles. The third-order valence-corrected chi connectivity index (χ3v) is 2.76. The van der Waals surface area contributed by atoms with Crippen LogP contribution in [0.3, 0.4) is 0 Å². The van der Waals surface area contributed by atoms with Crippen LogP contribution in [0.15, 0.2) is 42.7 Å². The smallest absolute Gasteiger partial charge is 0.201 e. The topological polar surface area (TPSA) is 48.3 Å². The summed E-state index contributed by atoms with van der Waals surface area (Å²) < 4.78 is 7.22. The quantitative estimate of drug-likeness (QED) is 0.773. The first-order valence-corrected chi connectivity index (χ1v) is 5.95. The van der Waals surface area contributed by atoms with Crippen molar-refractivity contribution in [3.05, 3.63) is 53.9 Å². The van der Waals surface area contributed by atoms with Gasteiger partial charge in [-0.05, 0) is 25.1 Å². The molecule has 1 aromatic heterocycles. The summed E-state index contributed by atoms with van der Waals surface area (Å²) >= 11 is 0. The molecule has 1 heterocycles. The fourth-order valence-corrected chi connectivity index (χ4v) is 1.71. The van der Waals surface area contributed by atoms with Crippen LogP contribution in [-0.4, -0.2) is 22.7 Å². The molecule has 0 spiro atoms. The zero-order valence-corrected chi connectivity index (χ0v) is 10.9. The van der Waals surface area contributed by atoms with Crippen molar-refractivity contribution >= 4 is 11.6 Å². The van der Waals surface area contributed by atoms with E-state index in [0.29, 0.717) is 16.9 Å². The molecule has 2 aromatic rings. The van der Waals surface area contributed by atoms with E-state index in [9.17, 15) is 9.59 Å². The number of hydrogen-bond acceptors (Lipinski definition) is 3. The van der Waals surface area contributed by atoms with Crippen LogP contribution >= 0.6 is 0 Å². The van der Waals surface area contributed by atoms with Crippen LogP contribution in [0, 0.1) is 0 Å². The molecule has 1 aromatic carbocycles. The number of aryl methyl sites for hydroxylation is 1. The third kappa shape index (κ3) is 3.31. The van der Waals surface area contributed by atoms with Crippen LogP contribution < -0.4 is 4.74 Å². The van der Waals surface area contributed by atoms with Crippen molar-refractivity contribution in [1.82, 2.24) is 4.57 Å². The Bertz CT molecular complexity index is 613. The Kier molecular flexibility index (Phi) is 3.80. The van der Waals surface area contributed by atoms with Gasteiger partial charge < -0.3 is 9.30 Å². The van der Waals surface area contributed by atoms with E-state index in [4.69, 9.17) is 4.74 Å². The maximum absolute atomic E-state index is 11.8. The average molecular weight is 257 g/mol. The average Bonchev–Trinajstić information content (AvgIpc) is 2.83. The summed E-state index contributed by atoms with van der Waals surface area (Å²) in [4.78, 5) is 23.1. The minimum absolute atomic E-state index is 0.0279. The first-order valence-electron chi connectivity index (χ1n) is 5.95. The van der Waals surface area contributed by atoms with Gasteiger partial charge in [0.1, 0.15) is 5.75 Å². The van der Waals surface area contributed by atoms with Gasteiger partial charge in [-0.3, -0.25) is 9.59 Å². The lowest BCUT2D eigenvalue weighted by Crippen LogP contribution is -2.11. The number of rotatable bonds is 5. The van der Waals surface area contributed by atoms with Crippen LogP contribution in [-0.2, 0) is 7.05 Å². The van der Waals surface area contributed by atoms with Gasteiger partial charge in [0, 0.05) is 30.6 Å². The summed E-state index contributed by atoms with van der Waals surface area (Å²) in [6.45, 7) is 1.46. The van der Waals surface area contributed by atoms with E-state index in [0.717, 1.165) is 0 Å². The number of hydrogen-bond donors (Lipinski definition) is 0. The zero-order valence-electron chi connectivity index (χ0n) is 10.9. The molecular weight excluding hydrogens is 242 g/mol. The molecule has 0 aliphatic rings. The van der Waals surface area contributed by atoms with Crippen LogP contribution in [0.5, 0.6) is 5.75 Å². The number of carbonyl (C=O) groups excluding carboxylic acids is 2. The molecular formula is C15H15NO3. The molecule has 0 atom stereocenters. The maximum atomic E-state index is 11.8. The van der Waals surface area contributed by atoms with E-state index < -0.39 is 0 Å². The number of ether oxygens (including phenoxy) is 1. The highest BCUT2D eigenvalue weighted by Gasteiger charge is 2.08. The Morgan fingerprint density at radius 1 is 1.21 bits per heavy atom. The van der Waals surface area contributed by atoms with Crippen molar-refractivity contribution in [2.75, 3.05) is 6.61 Å². The second kappa shape index (κ2) is 5.52. The number of nitrogens with zero attached hydrogens (tertiary/aromatic N) is 1. The van der Waals surface area contributed by atoms with Crippen LogP contribution in [0.2, 0.25) is 0 Å². The number of aromatic nitrogens is 1. The Morgan fingerprint density at radius 3 is 2.63 bits per heavy atom. The SMILES string of the molecule is CC(=O)c1cccc(OCC(=O)c2ccn(C)c2)c1. The normalized spacial score (nSPS) is 10.2. The largest absolute Gasteiger partial charge is 0.485 e. The predicted octanol–water partition coefficient (Wildman–Crippen LogP) is 2.49. The summed E-state index contributed by atoms with van der Waals surface area (Å²) in [6, 6.07) is 8.57. The summed E-state index contributed by atoms with van der Waals surface area (Å²) in [7, 11) is 1.86. The van der Waals surface area contributed by atoms with Crippen molar-refractivity contribution in [3.8, 4) is 5.75 Å². The molecule has 98 valence electrons. The van der Waals surface area contributed by atoms with E-state index in [2.05, 4.69) is 0 Å². The van der Waals surface area contributed by atoms with E-state index in [1.807, 2.05) is 17.8 Å². The molecule has 4 heteroatoms. The van der Waals surface area contributed by atoms with Gasteiger partial charge in [-0.15, -0.1) is 0 Å². The lowest BCUT2D eigenvalue weighted by molar-refractivity contribution is 0.0921. The van der Waals surface area contributed by atoms with Crippen molar-refractivity contribution in [2.45, 2.75) is 6.92 Å². The predicted molar refractivity (Wildman–Crippen MR) is 71.7 cm³/mol. The van der Waals surface area contributed by atoms with Crippen molar-refractivity contribution in [3.63, 3.8) is 0 Å². The number of benzene rings is 1. The molecule has 0 bridgehead atoms. The van der Waals surface area contributed by atoms with Crippen molar-refractivity contribution < 1.29 is 14.3 Å². The highest BCUT2D eigenvalue weighted by molar-refractivity contribution is 5.97. The highest BCUT2D eigenvalue weighted by atomic mass is 16.5. The van der Waals surface area contributed by atoms with E-state index >= 15 is 0 Å². The Balaban J connectivity index is 2.01. The fourth-order valence-electron chi connectivity index (χ4n) is 1.71. The van der Waals surface area contributed by atoms with Gasteiger partial charge in [-0.2, -0.15) is 0 Å². The second-order valence-electron chi connectivity index (χ2n) is 4.36. The van der Waals surface area contributed by atoms with Gasteiger partial charge in [-0.25, -0.2) is 0 Å². The summed E-state index contributed by atoms with van der Waals surface area (Å²) in [5, 5.41) is 0. The minimum atomic E-state index is -0.0890. The molecule has 0 unspecified atom stereocenters. The van der Waals surface area contributed by atoms with E-state index in [1.165, 1.54) is 6.92 Å². The molecule has 0 aliphatic carbocycles. The molecule has 0 N–H and O–H groups in total. The minimum Gasteiger partial charge on any atom is -0.485 e. The number of carbonyl (C=O) groups is 2. The first-order chi connectivity index (χ1) is 9.06. The van der Waals surface area contributed by atoms with Gasteiger partial charge in [-0.1, -0.05) is 12.1 Å². The molecule has 0 fully saturated rings. The molecule has 2 rings (SSSR count). The van der Waals surface area contributed by atoms with Crippen LogP contribution in [0.1, 0.15) is 27.6 Å². The van der Waals surface area contributed by atoms with Crippen molar-refractivity contribution in [2.24, 2.45) is 7.05 Å². The van der Waals surface area contributed by atoms with Gasteiger partial charge in [0.05, 0.1) is 0 Å². The Labute approximate surface area is 111 Å². The van der Waals surface area contributed by atoms with Gasteiger partial charge in [0.15, 0.2) is 12.4 Å². The first kappa shape index (κ1) is 13.1. The summed E-state index contributed by atoms with van der Waals surface area (Å²) in [5.41, 5.74) is 1.19. The lowest BCUT2D eigenvalue weighted by Gasteiger charge is -2.05. The van der Waals surface area contributed by atoms with Crippen molar-refractivity contribution in [1.29, 1.82) is 0 Å². The van der Waals surface area contributed by atoms with Crippen LogP contribution in [0.25, 0.3) is 0 Å². The van der Waals surface area contributed by atoms with Gasteiger partial charge >= 0.3 is 0 Å². The molecule has 4 nitrogen and oxygen atoms in total. The molecule has 0 radical (unpaired) electrons. The Morgan fingerprint density at radius 2 is 2.00 bits per heavy atom. The standard InChI is InChI=1S/C15H15NO3/c1-11(17)12-4-3-5-14(8-12)19-10-15(18)13-6-7-16(2)9-13/h3-9H,10H2,1-2H3. The molecule has 19 heavy (non-hydrogen) atoms. The monoisotopic (exact) mass is 257 g/mol. The van der Waals surface area contributed by atoms with Crippen LogP contribution in [0.4, 0.5) is 0 Å². The lowest BCUT2D eigenvalue weighted by atomic mass is 10.1. The molecule has 0 saturated carbocycles. The maximum Gasteiger partial charge on any atom is 0.201 e. The number of Topliss-reactive ketones (excluding diaryl/α,β-unsaturated/α-hetero) is 2. The Hall–Kier alpha value is -2.36. The second-order valence-corrected chi connectivity index (χ2v) is 4.36. The van der Waals surface area contributed by atoms with Gasteiger partial charge in [0.25, 0.3) is 0 Å². The third-order valence-electron chi connectivity index (χ3n) is 2.76. The summed E-state index contributed by atoms with van der Waals surface area (Å²) in [5.74, 6) is 0.408. The molecule has 0 saturated heterocycles. The number of ketones is 2. The summed E-state index contributed by atoms with van der Waals surface area (Å²) in [6.07, 6.45) is 3.56. The van der Waals surface area contributed by atoms with Gasteiger partial charge in [0.2, 0.25) is 5.78 Å². The van der Waals surface area contributed by atoms with E-state index in [1.54, 1.807) is 36.5 Å².